The van der Waals surface area contributed by atoms with Gasteiger partial charge in [0.25, 0.3) is 16.0 Å². The molecule has 0 saturated heterocycles. The molecule has 0 radical (unpaired) electrons. The summed E-state index contributed by atoms with van der Waals surface area (Å²) >= 11 is 0. The highest BCUT2D eigenvalue weighted by molar-refractivity contribution is 7.89. The zero-order valence-corrected chi connectivity index (χ0v) is 10.3. The van der Waals surface area contributed by atoms with Crippen molar-refractivity contribution in [2.75, 3.05) is 12.3 Å². The maximum atomic E-state index is 12.3. The maximum absolute atomic E-state index is 12.3. The van der Waals surface area contributed by atoms with Gasteiger partial charge in [0, 0.05) is 19.2 Å². The van der Waals surface area contributed by atoms with Crippen LogP contribution in [0, 0.1) is 0 Å². The first-order valence-electron chi connectivity index (χ1n) is 5.45. The number of sulfonamides is 1. The van der Waals surface area contributed by atoms with Crippen LogP contribution >= 0.6 is 0 Å². The molecule has 0 aliphatic carbocycles. The van der Waals surface area contributed by atoms with Gasteiger partial charge in [-0.1, -0.05) is 0 Å². The van der Waals surface area contributed by atoms with E-state index in [4.69, 9.17) is 10.2 Å². The molecule has 18 heavy (non-hydrogen) atoms. The molecular weight excluding hydrogens is 256 g/mol. The van der Waals surface area contributed by atoms with E-state index in [9.17, 15) is 8.42 Å². The van der Waals surface area contributed by atoms with Crippen molar-refractivity contribution in [2.45, 2.75) is 18.0 Å². The largest absolute Gasteiger partial charge is 0.429 e. The van der Waals surface area contributed by atoms with Crippen LogP contribution in [-0.4, -0.2) is 29.2 Å². The topological polar surface area (TPSA) is 105 Å². The summed E-state index contributed by atoms with van der Waals surface area (Å²) in [7, 11) is -3.50. The fourth-order valence-electron chi connectivity index (χ4n) is 2.01. The SMILES string of the molecule is Nc1nc2c(o1)CCN(S(=O)(=O)c1ccc[nH]1)C2. The fourth-order valence-corrected chi connectivity index (χ4v) is 3.38. The van der Waals surface area contributed by atoms with Gasteiger partial charge in [0.2, 0.25) is 0 Å². The summed E-state index contributed by atoms with van der Waals surface area (Å²) in [4.78, 5) is 6.70. The van der Waals surface area contributed by atoms with Crippen LogP contribution in [0.15, 0.2) is 27.8 Å². The van der Waals surface area contributed by atoms with Crippen molar-refractivity contribution in [3.05, 3.63) is 29.8 Å². The second-order valence-electron chi connectivity index (χ2n) is 4.04. The van der Waals surface area contributed by atoms with E-state index in [1.165, 1.54) is 10.4 Å². The number of rotatable bonds is 2. The second-order valence-corrected chi connectivity index (χ2v) is 5.95. The molecule has 1 aliphatic heterocycles. The molecule has 8 heteroatoms. The van der Waals surface area contributed by atoms with Gasteiger partial charge >= 0.3 is 0 Å². The van der Waals surface area contributed by atoms with Gasteiger partial charge in [0.15, 0.2) is 0 Å². The van der Waals surface area contributed by atoms with Gasteiger partial charge in [-0.3, -0.25) is 0 Å². The monoisotopic (exact) mass is 268 g/mol. The predicted octanol–water partition coefficient (Wildman–Crippen LogP) is 0.332. The highest BCUT2D eigenvalue weighted by Gasteiger charge is 2.31. The summed E-state index contributed by atoms with van der Waals surface area (Å²) in [6.07, 6.45) is 2.07. The molecule has 0 amide bonds. The average molecular weight is 268 g/mol. The van der Waals surface area contributed by atoms with Crippen molar-refractivity contribution in [2.24, 2.45) is 0 Å². The van der Waals surface area contributed by atoms with Gasteiger partial charge < -0.3 is 15.1 Å². The summed E-state index contributed by atoms with van der Waals surface area (Å²) in [5, 5.41) is 0.183. The van der Waals surface area contributed by atoms with Gasteiger partial charge in [0.1, 0.15) is 10.8 Å². The van der Waals surface area contributed by atoms with Crippen LogP contribution in [0.2, 0.25) is 0 Å². The number of aromatic nitrogens is 2. The Bertz CT molecular complexity index is 659. The predicted molar refractivity (Wildman–Crippen MR) is 63.0 cm³/mol. The third kappa shape index (κ3) is 1.70. The van der Waals surface area contributed by atoms with Crippen LogP contribution in [0.3, 0.4) is 0 Å². The number of nitrogen functional groups attached to an aromatic ring is 1. The Kier molecular flexibility index (Phi) is 2.42. The molecule has 3 heterocycles. The molecule has 0 saturated carbocycles. The van der Waals surface area contributed by atoms with Gasteiger partial charge in [-0.15, -0.1) is 0 Å². The molecule has 0 unspecified atom stereocenters. The number of H-pyrrole nitrogens is 1. The number of oxazole rings is 1. The van der Waals surface area contributed by atoms with E-state index in [1.807, 2.05) is 0 Å². The molecule has 96 valence electrons. The standard InChI is InChI=1S/C10H12N4O3S/c11-10-13-7-6-14(5-3-8(7)17-10)18(15,16)9-2-1-4-12-9/h1-2,4,12H,3,5-6H2,(H2,11,13). The van der Waals surface area contributed by atoms with Crippen molar-refractivity contribution >= 4 is 16.0 Å². The average Bonchev–Trinajstić information content (AvgIpc) is 2.95. The number of fused-ring (bicyclic) bond motifs is 1. The molecule has 7 nitrogen and oxygen atoms in total. The molecule has 3 rings (SSSR count). The smallest absolute Gasteiger partial charge is 0.292 e. The minimum absolute atomic E-state index is 0.0825. The van der Waals surface area contributed by atoms with Crippen molar-refractivity contribution in [3.63, 3.8) is 0 Å². The number of nitrogens with one attached hydrogen (secondary N) is 1. The number of hydrogen-bond donors (Lipinski definition) is 2. The summed E-state index contributed by atoms with van der Waals surface area (Å²) in [6.45, 7) is 0.556. The maximum Gasteiger partial charge on any atom is 0.292 e. The number of nitrogens with zero attached hydrogens (tertiary/aromatic N) is 2. The van der Waals surface area contributed by atoms with Crippen LogP contribution in [0.4, 0.5) is 6.01 Å². The molecule has 3 N–H and O–H groups in total. The normalized spacial score (nSPS) is 16.7. The first-order valence-corrected chi connectivity index (χ1v) is 6.89. The third-order valence-corrected chi connectivity index (χ3v) is 4.70. The third-order valence-electron chi connectivity index (χ3n) is 2.90. The number of hydrogen-bond acceptors (Lipinski definition) is 5. The number of aromatic amines is 1. The van der Waals surface area contributed by atoms with Crippen molar-refractivity contribution in [3.8, 4) is 0 Å². The summed E-state index contributed by atoms with van der Waals surface area (Å²) < 4.78 is 31.1. The molecule has 2 aromatic rings. The Morgan fingerprint density at radius 2 is 2.33 bits per heavy atom. The molecule has 0 atom stereocenters. The van der Waals surface area contributed by atoms with E-state index < -0.39 is 10.0 Å². The summed E-state index contributed by atoms with van der Waals surface area (Å²) in [5.74, 6) is 0.672. The van der Waals surface area contributed by atoms with Crippen LogP contribution in [-0.2, 0) is 23.0 Å². The van der Waals surface area contributed by atoms with E-state index >= 15 is 0 Å². The Morgan fingerprint density at radius 1 is 1.50 bits per heavy atom. The summed E-state index contributed by atoms with van der Waals surface area (Å²) in [5.41, 5.74) is 6.05. The molecule has 0 bridgehead atoms. The van der Waals surface area contributed by atoms with Crippen molar-refractivity contribution < 1.29 is 12.8 Å². The lowest BCUT2D eigenvalue weighted by atomic mass is 10.2. The zero-order valence-electron chi connectivity index (χ0n) is 9.46. The van der Waals surface area contributed by atoms with E-state index in [1.54, 1.807) is 12.3 Å². The molecule has 2 aromatic heterocycles. The van der Waals surface area contributed by atoms with Crippen LogP contribution in [0.5, 0.6) is 0 Å². The number of nitrogens with two attached hydrogens (primary N) is 1. The van der Waals surface area contributed by atoms with E-state index in [-0.39, 0.29) is 17.6 Å². The quantitative estimate of drug-likeness (QED) is 0.816. The Labute approximate surface area is 104 Å². The van der Waals surface area contributed by atoms with Crippen molar-refractivity contribution in [1.82, 2.24) is 14.3 Å². The minimum atomic E-state index is -3.50. The van der Waals surface area contributed by atoms with Crippen molar-refractivity contribution in [1.29, 1.82) is 0 Å². The minimum Gasteiger partial charge on any atom is -0.429 e. The van der Waals surface area contributed by atoms with E-state index in [0.29, 0.717) is 24.4 Å². The van der Waals surface area contributed by atoms with E-state index in [0.717, 1.165) is 0 Å². The molecule has 0 aromatic carbocycles. The van der Waals surface area contributed by atoms with Gasteiger partial charge in [-0.2, -0.15) is 9.29 Å². The highest BCUT2D eigenvalue weighted by atomic mass is 32.2. The Morgan fingerprint density at radius 3 is 3.06 bits per heavy atom. The second kappa shape index (κ2) is 3.85. The summed E-state index contributed by atoms with van der Waals surface area (Å²) in [6, 6.07) is 3.26. The number of anilines is 1. The fraction of sp³-hybridized carbons (Fsp3) is 0.300. The lowest BCUT2D eigenvalue weighted by Gasteiger charge is -2.23. The van der Waals surface area contributed by atoms with Crippen LogP contribution in [0.1, 0.15) is 11.5 Å². The Balaban J connectivity index is 1.92. The molecule has 0 fully saturated rings. The molecule has 0 spiro atoms. The zero-order chi connectivity index (χ0) is 12.8. The lowest BCUT2D eigenvalue weighted by Crippen LogP contribution is -2.36. The molecule has 1 aliphatic rings. The van der Waals surface area contributed by atoms with Crippen LogP contribution < -0.4 is 5.73 Å². The van der Waals surface area contributed by atoms with Crippen LogP contribution in [0.25, 0.3) is 0 Å². The van der Waals surface area contributed by atoms with E-state index in [2.05, 4.69) is 9.97 Å². The first kappa shape index (κ1) is 11.3. The first-order chi connectivity index (χ1) is 8.57. The lowest BCUT2D eigenvalue weighted by molar-refractivity contribution is 0.362. The van der Waals surface area contributed by atoms with Gasteiger partial charge in [-0.05, 0) is 12.1 Å². The highest BCUT2D eigenvalue weighted by Crippen LogP contribution is 2.25. The van der Waals surface area contributed by atoms with Gasteiger partial charge in [0.05, 0.1) is 12.2 Å². The Hall–Kier alpha value is -1.80. The van der Waals surface area contributed by atoms with Gasteiger partial charge in [-0.25, -0.2) is 8.42 Å². The molecular formula is C10H12N4O3S.